The van der Waals surface area contributed by atoms with Crippen LogP contribution in [0.4, 0.5) is 5.69 Å². The van der Waals surface area contributed by atoms with E-state index in [2.05, 4.69) is 18.7 Å². The topological polar surface area (TPSA) is 115 Å². The van der Waals surface area contributed by atoms with Crippen molar-refractivity contribution in [2.24, 2.45) is 4.99 Å². The van der Waals surface area contributed by atoms with Crippen molar-refractivity contribution >= 4 is 34.7 Å². The third-order valence-electron chi connectivity index (χ3n) is 3.53. The van der Waals surface area contributed by atoms with E-state index >= 15 is 0 Å². The fourth-order valence-electron chi connectivity index (χ4n) is 2.24. The highest BCUT2D eigenvalue weighted by Gasteiger charge is 2.13. The van der Waals surface area contributed by atoms with Crippen molar-refractivity contribution in [3.05, 3.63) is 44.7 Å². The Bertz CT molecular complexity index is 1040. The fraction of sp³-hybridized carbons (Fsp3) is 0.133. The zero-order valence-corrected chi connectivity index (χ0v) is 13.1. The molecule has 2 aromatic heterocycles. The number of hydrogen-bond donors (Lipinski definition) is 2. The van der Waals surface area contributed by atoms with E-state index in [1.54, 1.807) is 6.92 Å². The molecule has 0 unspecified atom stereocenters. The first-order valence-electron chi connectivity index (χ1n) is 6.64. The van der Waals surface area contributed by atoms with Crippen molar-refractivity contribution in [2.75, 3.05) is 0 Å². The first-order valence-corrected chi connectivity index (χ1v) is 7.38. The zero-order chi connectivity index (χ0) is 16.6. The maximum atomic E-state index is 11.6. The van der Waals surface area contributed by atoms with Gasteiger partial charge in [-0.05, 0) is 31.0 Å². The van der Waals surface area contributed by atoms with Crippen molar-refractivity contribution in [1.29, 1.82) is 5.26 Å². The van der Waals surface area contributed by atoms with Gasteiger partial charge in [-0.1, -0.05) is 6.07 Å². The minimum Gasteiger partial charge on any atom is -0.494 e. The van der Waals surface area contributed by atoms with Gasteiger partial charge in [-0.2, -0.15) is 14.0 Å². The SMILES string of the molecule is Cc1ccc2nsnc2c1N=Cc1c(O)[nH]c(=O)c(C#N)c1C. The van der Waals surface area contributed by atoms with Gasteiger partial charge in [0.25, 0.3) is 5.56 Å². The number of rotatable bonds is 2. The second kappa shape index (κ2) is 5.62. The van der Waals surface area contributed by atoms with Crippen LogP contribution in [0.1, 0.15) is 22.3 Å². The molecular weight excluding hydrogens is 314 g/mol. The number of fused-ring (bicyclic) bond motifs is 1. The van der Waals surface area contributed by atoms with Crippen LogP contribution in [-0.4, -0.2) is 25.1 Å². The molecule has 23 heavy (non-hydrogen) atoms. The molecule has 2 heterocycles. The molecule has 0 saturated heterocycles. The van der Waals surface area contributed by atoms with Gasteiger partial charge in [-0.3, -0.25) is 14.8 Å². The molecule has 3 rings (SSSR count). The second-order valence-electron chi connectivity index (χ2n) is 4.95. The lowest BCUT2D eigenvalue weighted by atomic mass is 10.1. The molecule has 2 N–H and O–H groups in total. The molecule has 0 aliphatic carbocycles. The standard InChI is InChI=1S/C15H11N5O2S/c1-7-3-4-11-13(20-23-19-11)12(7)17-6-10-8(2)9(5-16)14(21)18-15(10)22/h3-4,6H,1-2H3,(H2,18,21,22). The third kappa shape index (κ3) is 2.47. The minimum absolute atomic E-state index is 0.0468. The quantitative estimate of drug-likeness (QED) is 0.702. The molecule has 3 aromatic rings. The average Bonchev–Trinajstić information content (AvgIpc) is 2.97. The molecule has 8 heteroatoms. The van der Waals surface area contributed by atoms with E-state index in [9.17, 15) is 9.90 Å². The summed E-state index contributed by atoms with van der Waals surface area (Å²) in [5.74, 6) is -0.323. The number of nitriles is 1. The van der Waals surface area contributed by atoms with Gasteiger partial charge in [0.15, 0.2) is 0 Å². The molecule has 0 fully saturated rings. The highest BCUT2D eigenvalue weighted by atomic mass is 32.1. The lowest BCUT2D eigenvalue weighted by molar-refractivity contribution is 0.450. The molecule has 7 nitrogen and oxygen atoms in total. The average molecular weight is 325 g/mol. The van der Waals surface area contributed by atoms with Crippen LogP contribution in [0.5, 0.6) is 5.88 Å². The third-order valence-corrected chi connectivity index (χ3v) is 4.07. The number of aryl methyl sites for hydroxylation is 1. The number of hydrogen-bond acceptors (Lipinski definition) is 7. The first kappa shape index (κ1) is 14.9. The van der Waals surface area contributed by atoms with Crippen molar-refractivity contribution in [3.63, 3.8) is 0 Å². The van der Waals surface area contributed by atoms with E-state index < -0.39 is 5.56 Å². The lowest BCUT2D eigenvalue weighted by Crippen LogP contribution is -2.14. The maximum absolute atomic E-state index is 11.6. The summed E-state index contributed by atoms with van der Waals surface area (Å²) < 4.78 is 8.39. The summed E-state index contributed by atoms with van der Waals surface area (Å²) in [4.78, 5) is 18.2. The summed E-state index contributed by atoms with van der Waals surface area (Å²) in [5, 5.41) is 19.0. The van der Waals surface area contributed by atoms with E-state index in [1.165, 1.54) is 6.21 Å². The highest BCUT2D eigenvalue weighted by molar-refractivity contribution is 7.00. The Hall–Kier alpha value is -3.05. The Kier molecular flexibility index (Phi) is 3.64. The Morgan fingerprint density at radius 3 is 2.91 bits per heavy atom. The van der Waals surface area contributed by atoms with Gasteiger partial charge < -0.3 is 5.11 Å². The maximum Gasteiger partial charge on any atom is 0.268 e. The smallest absolute Gasteiger partial charge is 0.268 e. The molecule has 0 amide bonds. The van der Waals surface area contributed by atoms with Crippen molar-refractivity contribution in [2.45, 2.75) is 13.8 Å². The molecule has 0 saturated carbocycles. The molecule has 0 radical (unpaired) electrons. The second-order valence-corrected chi connectivity index (χ2v) is 5.48. The number of pyridine rings is 1. The largest absolute Gasteiger partial charge is 0.494 e. The van der Waals surface area contributed by atoms with Gasteiger partial charge in [-0.25, -0.2) is 0 Å². The lowest BCUT2D eigenvalue weighted by Gasteiger charge is -2.05. The molecule has 0 bridgehead atoms. The molecule has 114 valence electrons. The van der Waals surface area contributed by atoms with Gasteiger partial charge in [0.05, 0.1) is 23.0 Å². The number of aromatic hydroxyl groups is 1. The van der Waals surface area contributed by atoms with E-state index in [4.69, 9.17) is 5.26 Å². The predicted molar refractivity (Wildman–Crippen MR) is 87.6 cm³/mol. The summed E-state index contributed by atoms with van der Waals surface area (Å²) in [6.45, 7) is 3.48. The predicted octanol–water partition coefficient (Wildman–Crippen LogP) is 2.32. The summed E-state index contributed by atoms with van der Waals surface area (Å²) in [5.41, 5.74) is 2.96. The monoisotopic (exact) mass is 325 g/mol. The molecule has 0 aliphatic rings. The van der Waals surface area contributed by atoms with E-state index in [1.807, 2.05) is 25.1 Å². The van der Waals surface area contributed by atoms with E-state index in [0.29, 0.717) is 22.3 Å². The van der Waals surface area contributed by atoms with E-state index in [0.717, 1.165) is 22.8 Å². The fourth-order valence-corrected chi connectivity index (χ4v) is 2.78. The molecule has 0 aliphatic heterocycles. The summed E-state index contributed by atoms with van der Waals surface area (Å²) >= 11 is 1.10. The van der Waals surface area contributed by atoms with Crippen LogP contribution in [0.2, 0.25) is 0 Å². The first-order chi connectivity index (χ1) is 11.0. The van der Waals surface area contributed by atoms with Crippen molar-refractivity contribution in [1.82, 2.24) is 13.7 Å². The van der Waals surface area contributed by atoms with Crippen LogP contribution in [0.25, 0.3) is 11.0 Å². The van der Waals surface area contributed by atoms with Gasteiger partial charge in [-0.15, -0.1) is 0 Å². The van der Waals surface area contributed by atoms with Crippen LogP contribution in [0.15, 0.2) is 21.9 Å². The minimum atomic E-state index is -0.623. The van der Waals surface area contributed by atoms with Crippen LogP contribution in [-0.2, 0) is 0 Å². The Labute approximate surface area is 134 Å². The number of nitrogens with one attached hydrogen (secondary N) is 1. The van der Waals surface area contributed by atoms with E-state index in [-0.39, 0.29) is 11.4 Å². The van der Waals surface area contributed by atoms with Gasteiger partial charge in [0, 0.05) is 6.21 Å². The number of aliphatic imine (C=N–C) groups is 1. The molecular formula is C15H11N5O2S. The van der Waals surface area contributed by atoms with Crippen LogP contribution in [0.3, 0.4) is 0 Å². The number of aromatic nitrogens is 3. The number of nitrogens with zero attached hydrogens (tertiary/aromatic N) is 4. The zero-order valence-electron chi connectivity index (χ0n) is 12.3. The van der Waals surface area contributed by atoms with Crippen LogP contribution >= 0.6 is 11.7 Å². The summed E-state index contributed by atoms with van der Waals surface area (Å²) in [6.07, 6.45) is 1.42. The molecule has 0 spiro atoms. The van der Waals surface area contributed by atoms with Gasteiger partial charge in [0.1, 0.15) is 22.7 Å². The Balaban J connectivity index is 2.17. The van der Waals surface area contributed by atoms with Crippen LogP contribution in [0, 0.1) is 25.2 Å². The molecule has 1 aromatic carbocycles. The Morgan fingerprint density at radius 1 is 1.39 bits per heavy atom. The Morgan fingerprint density at radius 2 is 2.17 bits per heavy atom. The number of benzene rings is 1. The summed E-state index contributed by atoms with van der Waals surface area (Å²) in [6, 6.07) is 5.58. The van der Waals surface area contributed by atoms with Crippen molar-refractivity contribution < 1.29 is 5.11 Å². The number of H-pyrrole nitrogens is 1. The van der Waals surface area contributed by atoms with Crippen molar-refractivity contribution in [3.8, 4) is 11.9 Å². The summed E-state index contributed by atoms with van der Waals surface area (Å²) in [7, 11) is 0. The highest BCUT2D eigenvalue weighted by Crippen LogP contribution is 2.28. The number of aromatic amines is 1. The van der Waals surface area contributed by atoms with Crippen LogP contribution < -0.4 is 5.56 Å². The molecule has 0 atom stereocenters. The normalized spacial score (nSPS) is 11.2. The van der Waals surface area contributed by atoms with Gasteiger partial charge in [0.2, 0.25) is 5.88 Å². The van der Waals surface area contributed by atoms with Gasteiger partial charge >= 0.3 is 0 Å².